The second kappa shape index (κ2) is 12.5. The smallest absolute Gasteiger partial charge is 1.00 e. The van der Waals surface area contributed by atoms with Crippen LogP contribution in [0.5, 0.6) is 0 Å². The average molecular weight is 619 g/mol. The SMILES string of the molecule is CC(C)(C)C(=O)CC(=O)C(F)(F)C(F)(F)C(F)(F)F.CC(C)(C)C(=O)CC(=O)C(F)(F)C(F)(F)C(F)(F)F.[H-].[H-].[Mg+2]. The van der Waals surface area contributed by atoms with E-state index in [2.05, 4.69) is 0 Å². The van der Waals surface area contributed by atoms with Crippen LogP contribution in [-0.4, -0.2) is 82.2 Å². The van der Waals surface area contributed by atoms with E-state index in [1.165, 1.54) is 41.5 Å². The van der Waals surface area contributed by atoms with Gasteiger partial charge in [-0.2, -0.15) is 61.5 Å². The summed E-state index contributed by atoms with van der Waals surface area (Å²) in [5.41, 5.74) is -2.61. The number of carbonyl (C=O) groups excluding carboxylic acids is 4. The molecule has 0 heterocycles. The Morgan fingerprint density at radius 1 is 0.436 bits per heavy atom. The molecule has 0 aromatic rings. The van der Waals surface area contributed by atoms with Gasteiger partial charge in [0.15, 0.2) is 0 Å². The van der Waals surface area contributed by atoms with Gasteiger partial charge in [-0.05, 0) is 0 Å². The van der Waals surface area contributed by atoms with Crippen LogP contribution in [0.2, 0.25) is 0 Å². The van der Waals surface area contributed by atoms with E-state index in [9.17, 15) is 80.6 Å². The van der Waals surface area contributed by atoms with Crippen molar-refractivity contribution in [1.29, 1.82) is 0 Å². The van der Waals surface area contributed by atoms with Crippen molar-refractivity contribution in [1.82, 2.24) is 0 Å². The third kappa shape index (κ3) is 9.81. The van der Waals surface area contributed by atoms with Crippen LogP contribution in [-0.2, 0) is 19.2 Å². The molecule has 0 aliphatic rings. The van der Waals surface area contributed by atoms with Crippen LogP contribution >= 0.6 is 0 Å². The number of rotatable bonds is 8. The predicted molar refractivity (Wildman–Crippen MR) is 108 cm³/mol. The quantitative estimate of drug-likeness (QED) is 0.174. The van der Waals surface area contributed by atoms with Gasteiger partial charge < -0.3 is 2.85 Å². The van der Waals surface area contributed by atoms with Gasteiger partial charge in [0.05, 0.1) is 12.8 Å². The molecule has 0 amide bonds. The Bertz CT molecular complexity index is 845. The Labute approximate surface area is 231 Å². The van der Waals surface area contributed by atoms with Crippen molar-refractivity contribution in [3.8, 4) is 0 Å². The second-order valence-electron chi connectivity index (χ2n) is 9.84. The van der Waals surface area contributed by atoms with E-state index < -0.39 is 82.8 Å². The number of alkyl halides is 14. The second-order valence-corrected chi connectivity index (χ2v) is 9.84. The van der Waals surface area contributed by atoms with Crippen LogP contribution in [0.4, 0.5) is 61.5 Å². The van der Waals surface area contributed by atoms with Gasteiger partial charge in [0.1, 0.15) is 11.6 Å². The first-order chi connectivity index (χ1) is 16.1. The fraction of sp³-hybridized carbons (Fsp3) is 0.800. The van der Waals surface area contributed by atoms with Gasteiger partial charge in [-0.1, -0.05) is 41.5 Å². The van der Waals surface area contributed by atoms with Crippen LogP contribution in [0.25, 0.3) is 0 Å². The molecule has 0 N–H and O–H groups in total. The molecule has 0 aromatic heterocycles. The number of halogens is 14. The van der Waals surface area contributed by atoms with Crippen molar-refractivity contribution in [2.45, 2.75) is 90.4 Å². The largest absolute Gasteiger partial charge is 2.00 e. The van der Waals surface area contributed by atoms with Crippen molar-refractivity contribution in [2.24, 2.45) is 10.8 Å². The Hall–Kier alpha value is -1.53. The molecule has 0 unspecified atom stereocenters. The summed E-state index contributed by atoms with van der Waals surface area (Å²) in [7, 11) is 0. The molecule has 0 radical (unpaired) electrons. The molecule has 0 spiro atoms. The van der Waals surface area contributed by atoms with Crippen LogP contribution in [0, 0.1) is 10.8 Å². The molecule has 0 aliphatic heterocycles. The Kier molecular flexibility index (Phi) is 13.5. The van der Waals surface area contributed by atoms with Gasteiger partial charge in [0.25, 0.3) is 0 Å². The zero-order valence-corrected chi connectivity index (χ0v) is 22.5. The fourth-order valence-electron chi connectivity index (χ4n) is 1.75. The molecule has 0 aromatic carbocycles. The molecule has 0 bridgehead atoms. The Balaban J connectivity index is -0.000000196. The molecule has 0 saturated carbocycles. The zero-order chi connectivity index (χ0) is 31.7. The van der Waals surface area contributed by atoms with E-state index in [4.69, 9.17) is 0 Å². The van der Waals surface area contributed by atoms with Crippen LogP contribution in [0.3, 0.4) is 0 Å². The monoisotopic (exact) mass is 618 g/mol. The normalized spacial score (nSPS) is 14.1. The van der Waals surface area contributed by atoms with E-state index in [0.717, 1.165) is 0 Å². The van der Waals surface area contributed by atoms with E-state index in [1.54, 1.807) is 0 Å². The van der Waals surface area contributed by atoms with E-state index in [-0.39, 0.29) is 25.9 Å². The molecular formula is C20H24F14MgO4. The number of hydrogen-bond donors (Lipinski definition) is 0. The summed E-state index contributed by atoms with van der Waals surface area (Å²) in [4.78, 5) is 44.2. The van der Waals surface area contributed by atoms with Gasteiger partial charge in [0.2, 0.25) is 11.6 Å². The predicted octanol–water partition coefficient (Wildman–Crippen LogP) is 6.63. The standard InChI is InChI=1S/2C10H11F7O2.Mg.2H/c2*1-7(2,3)5(18)4-6(19)8(11,12)9(13,14)10(15,16)17;;;/h2*4H2,1-3H3;;;/q;;+2;2*-1. The maximum atomic E-state index is 12.9. The number of carbonyl (C=O) groups is 4. The topological polar surface area (TPSA) is 68.3 Å². The maximum Gasteiger partial charge on any atom is 2.00 e. The third-order valence-electron chi connectivity index (χ3n) is 4.52. The van der Waals surface area contributed by atoms with E-state index in [1.807, 2.05) is 0 Å². The Morgan fingerprint density at radius 2 is 0.615 bits per heavy atom. The van der Waals surface area contributed by atoms with E-state index in [0.29, 0.717) is 0 Å². The minimum Gasteiger partial charge on any atom is -1.00 e. The molecular weight excluding hydrogens is 594 g/mol. The summed E-state index contributed by atoms with van der Waals surface area (Å²) in [6.45, 7) is 7.27. The van der Waals surface area contributed by atoms with Crippen molar-refractivity contribution < 1.29 is 83.5 Å². The summed E-state index contributed by atoms with van der Waals surface area (Å²) < 4.78 is 172. The van der Waals surface area contributed by atoms with Crippen LogP contribution in [0.15, 0.2) is 0 Å². The molecule has 0 atom stereocenters. The molecule has 0 rings (SSSR count). The zero-order valence-electron chi connectivity index (χ0n) is 23.0. The van der Waals surface area contributed by atoms with Crippen molar-refractivity contribution in [3.05, 3.63) is 0 Å². The number of ketones is 4. The molecule has 4 nitrogen and oxygen atoms in total. The van der Waals surface area contributed by atoms with Gasteiger partial charge >= 0.3 is 59.1 Å². The summed E-state index contributed by atoms with van der Waals surface area (Å²) >= 11 is 0. The molecule has 228 valence electrons. The summed E-state index contributed by atoms with van der Waals surface area (Å²) in [6, 6.07) is 0. The molecule has 0 fully saturated rings. The molecule has 39 heavy (non-hydrogen) atoms. The van der Waals surface area contributed by atoms with E-state index >= 15 is 0 Å². The van der Waals surface area contributed by atoms with Gasteiger partial charge in [-0.3, -0.25) is 19.2 Å². The maximum absolute atomic E-state index is 12.9. The van der Waals surface area contributed by atoms with Gasteiger partial charge in [0, 0.05) is 10.8 Å². The molecule has 19 heteroatoms. The van der Waals surface area contributed by atoms with Crippen molar-refractivity contribution in [2.75, 3.05) is 0 Å². The van der Waals surface area contributed by atoms with Crippen molar-refractivity contribution in [3.63, 3.8) is 0 Å². The van der Waals surface area contributed by atoms with Gasteiger partial charge in [-0.15, -0.1) is 0 Å². The number of Topliss-reactive ketones (excluding diaryl/α,β-unsaturated/α-hetero) is 4. The molecule has 0 aliphatic carbocycles. The first kappa shape index (κ1) is 41.9. The average Bonchev–Trinajstić information content (AvgIpc) is 2.64. The summed E-state index contributed by atoms with van der Waals surface area (Å²) in [5.74, 6) is -32.8. The first-order valence-electron chi connectivity index (χ1n) is 9.88. The van der Waals surface area contributed by atoms with Crippen LogP contribution < -0.4 is 0 Å². The summed E-state index contributed by atoms with van der Waals surface area (Å²) in [6.07, 6.45) is -16.6. The van der Waals surface area contributed by atoms with Crippen LogP contribution in [0.1, 0.15) is 57.2 Å². The minimum absolute atomic E-state index is 0. The summed E-state index contributed by atoms with van der Waals surface area (Å²) in [5, 5.41) is 0. The van der Waals surface area contributed by atoms with Gasteiger partial charge in [-0.25, -0.2) is 0 Å². The fourth-order valence-corrected chi connectivity index (χ4v) is 1.75. The minimum atomic E-state index is -6.59. The first-order valence-corrected chi connectivity index (χ1v) is 9.88. The Morgan fingerprint density at radius 3 is 0.744 bits per heavy atom. The molecule has 0 saturated heterocycles. The third-order valence-corrected chi connectivity index (χ3v) is 4.52. The van der Waals surface area contributed by atoms with Crippen molar-refractivity contribution >= 4 is 46.2 Å². The number of hydrogen-bond acceptors (Lipinski definition) is 4.